The Morgan fingerprint density at radius 2 is 2.29 bits per heavy atom. The molecule has 0 spiro atoms. The summed E-state index contributed by atoms with van der Waals surface area (Å²) in [6.07, 6.45) is -1.56. The van der Waals surface area contributed by atoms with Crippen molar-refractivity contribution >= 4 is 40.2 Å². The number of halogens is 4. The minimum Gasteiger partial charge on any atom is -0.462 e. The molecule has 0 atom stereocenters. The highest BCUT2D eigenvalue weighted by atomic mass is 127. The third-order valence-electron chi connectivity index (χ3n) is 1.99. The Kier molecular flexibility index (Phi) is 5.51. The van der Waals surface area contributed by atoms with Crippen LogP contribution in [0.3, 0.4) is 0 Å². The molecule has 0 aliphatic carbocycles. The first-order valence-corrected chi connectivity index (χ1v) is 6.32. The lowest BCUT2D eigenvalue weighted by Gasteiger charge is -2.12. The molecule has 0 bridgehead atoms. The first kappa shape index (κ1) is 14.6. The second-order valence-corrected chi connectivity index (χ2v) is 4.43. The number of rotatable bonds is 4. The highest BCUT2D eigenvalue weighted by molar-refractivity contribution is 14.1. The van der Waals surface area contributed by atoms with E-state index in [-0.39, 0.29) is 23.6 Å². The molecule has 1 aromatic rings. The maximum atomic E-state index is 12.7. The Balaban J connectivity index is 3.35. The summed E-state index contributed by atoms with van der Waals surface area (Å²) in [4.78, 5) is 15.3. The number of hydrogen-bond acceptors (Lipinski definition) is 3. The summed E-state index contributed by atoms with van der Waals surface area (Å²) in [5.74, 6) is -0.866. The number of esters is 1. The number of carbonyl (C=O) groups excluding carboxylic acids is 1. The monoisotopic (exact) mass is 375 g/mol. The van der Waals surface area contributed by atoms with Gasteiger partial charge in [-0.05, 0) is 29.5 Å². The van der Waals surface area contributed by atoms with Gasteiger partial charge in [-0.25, -0.2) is 13.6 Å². The summed E-state index contributed by atoms with van der Waals surface area (Å²) in [7, 11) is 0. The normalized spacial score (nSPS) is 10.7. The van der Waals surface area contributed by atoms with Crippen LogP contribution in [0.15, 0.2) is 6.20 Å². The fraction of sp³-hybridized carbons (Fsp3) is 0.400. The molecule has 0 N–H and O–H groups in total. The van der Waals surface area contributed by atoms with Gasteiger partial charge in [0.2, 0.25) is 0 Å². The molecule has 0 fully saturated rings. The van der Waals surface area contributed by atoms with Crippen LogP contribution >= 0.6 is 34.2 Å². The summed E-state index contributed by atoms with van der Waals surface area (Å²) in [6.45, 7) is 1.81. The summed E-state index contributed by atoms with van der Waals surface area (Å²) in [6, 6.07) is 0. The molecule has 0 unspecified atom stereocenters. The van der Waals surface area contributed by atoms with Gasteiger partial charge in [-0.3, -0.25) is 4.98 Å². The van der Waals surface area contributed by atoms with Crippen LogP contribution in [-0.4, -0.2) is 17.6 Å². The van der Waals surface area contributed by atoms with Crippen molar-refractivity contribution in [3.8, 4) is 0 Å². The van der Waals surface area contributed by atoms with Gasteiger partial charge in [0.05, 0.1) is 18.1 Å². The third kappa shape index (κ3) is 3.25. The molecule has 0 aliphatic heterocycles. The maximum Gasteiger partial charge on any atom is 0.339 e. The number of pyridine rings is 1. The average Bonchev–Trinajstić information content (AvgIpc) is 2.28. The van der Waals surface area contributed by atoms with Crippen LogP contribution in [0.1, 0.15) is 35.0 Å². The third-order valence-corrected chi connectivity index (χ3v) is 3.07. The SMILES string of the molecule is CCOC(=O)c1c(I)cnc(C(F)F)c1CCl. The Morgan fingerprint density at radius 1 is 1.65 bits per heavy atom. The highest BCUT2D eigenvalue weighted by Gasteiger charge is 2.24. The number of nitrogens with zero attached hydrogens (tertiary/aromatic N) is 1. The summed E-state index contributed by atoms with van der Waals surface area (Å²) in [5.41, 5.74) is -0.358. The van der Waals surface area contributed by atoms with E-state index in [0.717, 1.165) is 0 Å². The molecule has 94 valence electrons. The molecule has 7 heteroatoms. The second-order valence-electron chi connectivity index (χ2n) is 3.00. The van der Waals surface area contributed by atoms with Gasteiger partial charge in [-0.15, -0.1) is 11.6 Å². The Bertz CT molecular complexity index is 429. The van der Waals surface area contributed by atoms with Gasteiger partial charge in [-0.1, -0.05) is 0 Å². The predicted octanol–water partition coefficient (Wildman–Crippen LogP) is 3.54. The number of hydrogen-bond donors (Lipinski definition) is 0. The number of alkyl halides is 3. The Morgan fingerprint density at radius 3 is 2.76 bits per heavy atom. The lowest BCUT2D eigenvalue weighted by molar-refractivity contribution is 0.0523. The van der Waals surface area contributed by atoms with Crippen molar-refractivity contribution in [3.05, 3.63) is 26.6 Å². The molecular formula is C10H9ClF2INO2. The van der Waals surface area contributed by atoms with Crippen molar-refractivity contribution in [2.75, 3.05) is 6.61 Å². The van der Waals surface area contributed by atoms with Crippen LogP contribution in [0.4, 0.5) is 8.78 Å². The van der Waals surface area contributed by atoms with Crippen molar-refractivity contribution in [1.29, 1.82) is 0 Å². The quantitative estimate of drug-likeness (QED) is 0.459. The molecule has 0 aromatic carbocycles. The van der Waals surface area contributed by atoms with Gasteiger partial charge in [0.25, 0.3) is 6.43 Å². The minimum absolute atomic E-state index is 0.0343. The molecule has 1 aromatic heterocycles. The van der Waals surface area contributed by atoms with E-state index in [1.165, 1.54) is 6.20 Å². The highest BCUT2D eigenvalue weighted by Crippen LogP contribution is 2.28. The lowest BCUT2D eigenvalue weighted by Crippen LogP contribution is -2.13. The van der Waals surface area contributed by atoms with Gasteiger partial charge < -0.3 is 4.74 Å². The van der Waals surface area contributed by atoms with Crippen LogP contribution in [0.5, 0.6) is 0 Å². The van der Waals surface area contributed by atoms with Gasteiger partial charge in [0, 0.05) is 15.3 Å². The lowest BCUT2D eigenvalue weighted by atomic mass is 10.1. The standard InChI is InChI=1S/C10H9ClF2INO2/c1-2-17-10(16)7-5(3-11)8(9(12)13)15-4-6(7)14/h4,9H,2-3H2,1H3. The van der Waals surface area contributed by atoms with E-state index >= 15 is 0 Å². The van der Waals surface area contributed by atoms with Crippen molar-refractivity contribution < 1.29 is 18.3 Å². The molecular weight excluding hydrogens is 366 g/mol. The van der Waals surface area contributed by atoms with Gasteiger partial charge in [0.15, 0.2) is 0 Å². The predicted molar refractivity (Wildman–Crippen MR) is 67.4 cm³/mol. The number of ether oxygens (including phenoxy) is 1. The zero-order valence-corrected chi connectivity index (χ0v) is 11.8. The second kappa shape index (κ2) is 6.44. The van der Waals surface area contributed by atoms with E-state index in [9.17, 15) is 13.6 Å². The van der Waals surface area contributed by atoms with Crippen molar-refractivity contribution in [3.63, 3.8) is 0 Å². The number of aromatic nitrogens is 1. The fourth-order valence-electron chi connectivity index (χ4n) is 1.29. The van der Waals surface area contributed by atoms with Crippen molar-refractivity contribution in [2.45, 2.75) is 19.2 Å². The van der Waals surface area contributed by atoms with E-state index in [4.69, 9.17) is 16.3 Å². The van der Waals surface area contributed by atoms with E-state index in [0.29, 0.717) is 3.57 Å². The summed E-state index contributed by atoms with van der Waals surface area (Å²) in [5, 5.41) is 0. The zero-order chi connectivity index (χ0) is 13.0. The van der Waals surface area contributed by atoms with Gasteiger partial charge in [-0.2, -0.15) is 0 Å². The van der Waals surface area contributed by atoms with Crippen LogP contribution in [0.25, 0.3) is 0 Å². The van der Waals surface area contributed by atoms with Crippen LogP contribution < -0.4 is 0 Å². The molecule has 0 radical (unpaired) electrons. The molecule has 0 saturated carbocycles. The van der Waals surface area contributed by atoms with Gasteiger partial charge in [0.1, 0.15) is 5.69 Å². The zero-order valence-electron chi connectivity index (χ0n) is 8.84. The molecule has 17 heavy (non-hydrogen) atoms. The van der Waals surface area contributed by atoms with E-state index in [1.54, 1.807) is 6.92 Å². The minimum atomic E-state index is -2.77. The average molecular weight is 376 g/mol. The molecule has 0 aliphatic rings. The largest absolute Gasteiger partial charge is 0.462 e. The van der Waals surface area contributed by atoms with Gasteiger partial charge >= 0.3 is 5.97 Å². The molecule has 3 nitrogen and oxygen atoms in total. The first-order valence-electron chi connectivity index (χ1n) is 4.71. The smallest absolute Gasteiger partial charge is 0.339 e. The molecule has 1 heterocycles. The molecule has 1 rings (SSSR count). The fourth-order valence-corrected chi connectivity index (χ4v) is 2.24. The summed E-state index contributed by atoms with van der Waals surface area (Å²) < 4.78 is 30.7. The first-order chi connectivity index (χ1) is 8.02. The Hall–Kier alpha value is -0.500. The maximum absolute atomic E-state index is 12.7. The Labute approximate surface area is 116 Å². The van der Waals surface area contributed by atoms with E-state index < -0.39 is 18.1 Å². The summed E-state index contributed by atoms with van der Waals surface area (Å²) >= 11 is 7.45. The topological polar surface area (TPSA) is 39.2 Å². The van der Waals surface area contributed by atoms with Crippen molar-refractivity contribution in [2.24, 2.45) is 0 Å². The van der Waals surface area contributed by atoms with Crippen LogP contribution in [0.2, 0.25) is 0 Å². The number of carbonyl (C=O) groups is 1. The molecule has 0 saturated heterocycles. The molecule has 0 amide bonds. The van der Waals surface area contributed by atoms with Crippen LogP contribution in [0, 0.1) is 3.57 Å². The van der Waals surface area contributed by atoms with E-state index in [1.807, 2.05) is 22.6 Å². The van der Waals surface area contributed by atoms with Crippen LogP contribution in [-0.2, 0) is 10.6 Å². The van der Waals surface area contributed by atoms with E-state index in [2.05, 4.69) is 4.98 Å². The van der Waals surface area contributed by atoms with Crippen molar-refractivity contribution in [1.82, 2.24) is 4.98 Å².